The predicted octanol–water partition coefficient (Wildman–Crippen LogP) is 13.0. The van der Waals surface area contributed by atoms with E-state index in [-0.39, 0.29) is 12.1 Å². The highest BCUT2D eigenvalue weighted by atomic mass is 79.9. The molecule has 1 atom stereocenters. The van der Waals surface area contributed by atoms with E-state index >= 15 is 0 Å². The maximum absolute atomic E-state index is 12.8. The molecule has 0 bridgehead atoms. The number of ether oxygens (including phenoxy) is 1. The van der Waals surface area contributed by atoms with Crippen LogP contribution in [0.1, 0.15) is 175 Å². The van der Waals surface area contributed by atoms with E-state index in [0.717, 1.165) is 63.1 Å². The second-order valence-electron chi connectivity index (χ2n) is 11.6. The Bertz CT molecular complexity index is 583. The summed E-state index contributed by atoms with van der Waals surface area (Å²) in [5.74, 6) is 0.480. The molecule has 40 heavy (non-hydrogen) atoms. The van der Waals surface area contributed by atoms with Crippen LogP contribution in [0.2, 0.25) is 0 Å². The smallest absolute Gasteiger partial charge is 0.306 e. The van der Waals surface area contributed by atoms with Gasteiger partial charge in [0.2, 0.25) is 0 Å². The lowest BCUT2D eigenvalue weighted by Crippen LogP contribution is -2.27. The minimum Gasteiger partial charge on any atom is -0.462 e. The fraction of sp³-hybridized carbons (Fsp3) is 0.811. The largest absolute Gasteiger partial charge is 0.462 e. The van der Waals surface area contributed by atoms with Crippen LogP contribution in [0, 0.1) is 5.92 Å². The summed E-state index contributed by atoms with van der Waals surface area (Å²) < 4.78 is 6.25. The van der Waals surface area contributed by atoms with Crippen molar-refractivity contribution in [2.75, 3.05) is 5.33 Å². The second kappa shape index (κ2) is 32.7. The standard InChI is InChI=1S/C37H67BrO2/c1-4-7-10-13-16-19-22-25-30-35(31-26-23-20-17-14-11-8-5-2)36(40-37(39)33-28-29-34-38)32-27-24-21-18-15-12-9-6-3/h16-21,35-36H,4-15,22-34H2,1-3H3/b19-16-,20-17-,21-18-. The molecule has 0 amide bonds. The van der Waals surface area contributed by atoms with Crippen LogP contribution in [0.25, 0.3) is 0 Å². The molecule has 0 saturated carbocycles. The first-order valence-electron chi connectivity index (χ1n) is 17.4. The maximum atomic E-state index is 12.8. The summed E-state index contributed by atoms with van der Waals surface area (Å²) in [7, 11) is 0. The van der Waals surface area contributed by atoms with Gasteiger partial charge in [-0.2, -0.15) is 0 Å². The molecule has 1 unspecified atom stereocenters. The van der Waals surface area contributed by atoms with Gasteiger partial charge in [0.15, 0.2) is 0 Å². The fourth-order valence-corrected chi connectivity index (χ4v) is 5.57. The Hall–Kier alpha value is -0.830. The van der Waals surface area contributed by atoms with Crippen LogP contribution in [0.15, 0.2) is 36.5 Å². The number of carbonyl (C=O) groups excluding carboxylic acids is 1. The van der Waals surface area contributed by atoms with Crippen molar-refractivity contribution in [3.8, 4) is 0 Å². The number of allylic oxidation sites excluding steroid dienone is 6. The topological polar surface area (TPSA) is 26.3 Å². The molecule has 0 aliphatic carbocycles. The lowest BCUT2D eigenvalue weighted by Gasteiger charge is -2.27. The number of halogens is 1. The Morgan fingerprint density at radius 2 is 0.950 bits per heavy atom. The number of hydrogen-bond donors (Lipinski definition) is 0. The molecule has 2 nitrogen and oxygen atoms in total. The highest BCUT2D eigenvalue weighted by Gasteiger charge is 2.24. The van der Waals surface area contributed by atoms with Gasteiger partial charge in [0.1, 0.15) is 6.10 Å². The van der Waals surface area contributed by atoms with Gasteiger partial charge < -0.3 is 4.74 Å². The molecule has 0 radical (unpaired) electrons. The third kappa shape index (κ3) is 27.3. The molecule has 0 saturated heterocycles. The van der Waals surface area contributed by atoms with Crippen molar-refractivity contribution in [3.63, 3.8) is 0 Å². The van der Waals surface area contributed by atoms with E-state index in [1.54, 1.807) is 0 Å². The zero-order valence-corrected chi connectivity index (χ0v) is 28.6. The highest BCUT2D eigenvalue weighted by Crippen LogP contribution is 2.27. The molecule has 0 aliphatic heterocycles. The van der Waals surface area contributed by atoms with Crippen molar-refractivity contribution in [1.29, 1.82) is 0 Å². The quantitative estimate of drug-likeness (QED) is 0.0344. The zero-order chi connectivity index (χ0) is 29.4. The molecule has 0 N–H and O–H groups in total. The van der Waals surface area contributed by atoms with Gasteiger partial charge in [0, 0.05) is 11.8 Å². The minimum atomic E-state index is 0.0118. The summed E-state index contributed by atoms with van der Waals surface area (Å²) in [6.07, 6.45) is 42.3. The first kappa shape index (κ1) is 39.2. The first-order valence-corrected chi connectivity index (χ1v) is 18.5. The molecule has 3 heteroatoms. The average Bonchev–Trinajstić information content (AvgIpc) is 2.95. The monoisotopic (exact) mass is 622 g/mol. The van der Waals surface area contributed by atoms with Gasteiger partial charge in [-0.1, -0.05) is 112 Å². The SMILES string of the molecule is CCCCC/C=C\CCCC(CCC/C=C\CCCCC)C(CCC/C=C\CCCCC)OC(=O)CCCCBr. The van der Waals surface area contributed by atoms with E-state index in [9.17, 15) is 4.79 Å². The Balaban J connectivity index is 5.05. The predicted molar refractivity (Wildman–Crippen MR) is 182 cm³/mol. The van der Waals surface area contributed by atoms with Crippen LogP contribution >= 0.6 is 15.9 Å². The highest BCUT2D eigenvalue weighted by molar-refractivity contribution is 9.09. The van der Waals surface area contributed by atoms with Crippen LogP contribution in [0.4, 0.5) is 0 Å². The number of alkyl halides is 1. The van der Waals surface area contributed by atoms with Crippen molar-refractivity contribution >= 4 is 21.9 Å². The van der Waals surface area contributed by atoms with Crippen molar-refractivity contribution in [2.45, 2.75) is 181 Å². The Morgan fingerprint density at radius 1 is 0.550 bits per heavy atom. The third-order valence-corrected chi connectivity index (χ3v) is 8.31. The van der Waals surface area contributed by atoms with Gasteiger partial charge in [-0.25, -0.2) is 0 Å². The summed E-state index contributed by atoms with van der Waals surface area (Å²) in [5.41, 5.74) is 0. The fourth-order valence-electron chi connectivity index (χ4n) is 5.17. The molecular weight excluding hydrogens is 556 g/mol. The van der Waals surface area contributed by atoms with Gasteiger partial charge in [0.25, 0.3) is 0 Å². The number of esters is 1. The molecule has 0 aliphatic rings. The van der Waals surface area contributed by atoms with Gasteiger partial charge in [-0.05, 0) is 115 Å². The van der Waals surface area contributed by atoms with Crippen molar-refractivity contribution in [1.82, 2.24) is 0 Å². The second-order valence-corrected chi connectivity index (χ2v) is 12.4. The van der Waals surface area contributed by atoms with E-state index in [1.807, 2.05) is 0 Å². The Kier molecular flexibility index (Phi) is 32.0. The van der Waals surface area contributed by atoms with E-state index < -0.39 is 0 Å². The van der Waals surface area contributed by atoms with Crippen molar-refractivity contribution < 1.29 is 9.53 Å². The third-order valence-electron chi connectivity index (χ3n) is 7.75. The molecule has 234 valence electrons. The normalized spacial score (nSPS) is 12.9. The van der Waals surface area contributed by atoms with Gasteiger partial charge >= 0.3 is 5.97 Å². The molecule has 0 aromatic carbocycles. The Morgan fingerprint density at radius 3 is 1.35 bits per heavy atom. The van der Waals surface area contributed by atoms with Gasteiger partial charge in [-0.15, -0.1) is 0 Å². The van der Waals surface area contributed by atoms with Crippen LogP contribution in [-0.2, 0) is 9.53 Å². The van der Waals surface area contributed by atoms with Gasteiger partial charge in [-0.3, -0.25) is 4.79 Å². The average molecular weight is 624 g/mol. The molecule has 0 fully saturated rings. The molecular formula is C37H67BrO2. The van der Waals surface area contributed by atoms with Crippen LogP contribution < -0.4 is 0 Å². The minimum absolute atomic E-state index is 0.0118. The van der Waals surface area contributed by atoms with Crippen LogP contribution in [0.5, 0.6) is 0 Å². The summed E-state index contributed by atoms with van der Waals surface area (Å²) in [6.45, 7) is 6.79. The van der Waals surface area contributed by atoms with Crippen molar-refractivity contribution in [3.05, 3.63) is 36.5 Å². The molecule has 0 spiro atoms. The van der Waals surface area contributed by atoms with E-state index in [1.165, 1.54) is 89.9 Å². The summed E-state index contributed by atoms with van der Waals surface area (Å²) in [6, 6.07) is 0. The maximum Gasteiger partial charge on any atom is 0.306 e. The summed E-state index contributed by atoms with van der Waals surface area (Å²) in [5, 5.41) is 0.953. The number of carbonyl (C=O) groups is 1. The molecule has 0 aromatic rings. The summed E-state index contributed by atoms with van der Waals surface area (Å²) >= 11 is 3.49. The van der Waals surface area contributed by atoms with E-state index in [0.29, 0.717) is 12.3 Å². The summed E-state index contributed by atoms with van der Waals surface area (Å²) in [4.78, 5) is 12.8. The molecule has 0 rings (SSSR count). The number of hydrogen-bond acceptors (Lipinski definition) is 2. The van der Waals surface area contributed by atoms with E-state index in [2.05, 4.69) is 73.2 Å². The van der Waals surface area contributed by atoms with Crippen LogP contribution in [-0.4, -0.2) is 17.4 Å². The van der Waals surface area contributed by atoms with Gasteiger partial charge in [0.05, 0.1) is 0 Å². The molecule has 0 aromatic heterocycles. The lowest BCUT2D eigenvalue weighted by atomic mass is 9.87. The first-order chi connectivity index (χ1) is 19.7. The number of rotatable bonds is 30. The molecule has 0 heterocycles. The zero-order valence-electron chi connectivity index (χ0n) is 27.0. The van der Waals surface area contributed by atoms with E-state index in [4.69, 9.17) is 4.74 Å². The van der Waals surface area contributed by atoms with Crippen LogP contribution in [0.3, 0.4) is 0 Å². The lowest BCUT2D eigenvalue weighted by molar-refractivity contribution is -0.152. The van der Waals surface area contributed by atoms with Crippen molar-refractivity contribution in [2.24, 2.45) is 5.92 Å². The number of unbranched alkanes of at least 4 members (excludes halogenated alkanes) is 13. The Labute approximate surface area is 259 Å².